The van der Waals surface area contributed by atoms with Gasteiger partial charge in [-0.3, -0.25) is 0 Å². The van der Waals surface area contributed by atoms with E-state index in [0.717, 1.165) is 0 Å². The molecule has 1 aliphatic rings. The third kappa shape index (κ3) is 1.22. The molecule has 0 fully saturated rings. The van der Waals surface area contributed by atoms with Crippen molar-refractivity contribution in [1.82, 2.24) is 5.48 Å². The summed E-state index contributed by atoms with van der Waals surface area (Å²) in [6, 6.07) is 0. The van der Waals surface area contributed by atoms with Gasteiger partial charge in [-0.05, 0) is 6.08 Å². The smallest absolute Gasteiger partial charge is 0.337 e. The van der Waals surface area contributed by atoms with Gasteiger partial charge in [-0.15, -0.1) is 0 Å². The third-order valence-corrected chi connectivity index (χ3v) is 0.845. The van der Waals surface area contributed by atoms with Gasteiger partial charge >= 0.3 is 5.97 Å². The lowest BCUT2D eigenvalue weighted by molar-refractivity contribution is -0.132. The lowest BCUT2D eigenvalue weighted by atomic mass is 10.3. The second kappa shape index (κ2) is 2.21. The van der Waals surface area contributed by atoms with E-state index >= 15 is 0 Å². The van der Waals surface area contributed by atoms with E-state index in [4.69, 9.17) is 5.11 Å². The maximum Gasteiger partial charge on any atom is 0.337 e. The SMILES string of the molecule is O=C(O)C1=CNOC=C1. The molecule has 0 radical (unpaired) electrons. The minimum atomic E-state index is -0.970. The molecule has 1 aliphatic heterocycles. The molecule has 2 N–H and O–H groups in total. The van der Waals surface area contributed by atoms with Gasteiger partial charge < -0.3 is 9.94 Å². The van der Waals surface area contributed by atoms with Gasteiger partial charge in [0.05, 0.1) is 11.8 Å². The molecule has 1 rings (SSSR count). The van der Waals surface area contributed by atoms with Crippen LogP contribution in [-0.2, 0) is 9.63 Å². The zero-order valence-corrected chi connectivity index (χ0v) is 4.50. The first-order valence-electron chi connectivity index (χ1n) is 2.32. The second-order valence-corrected chi connectivity index (χ2v) is 1.44. The highest BCUT2D eigenvalue weighted by atomic mass is 16.6. The van der Waals surface area contributed by atoms with Gasteiger partial charge in [0.25, 0.3) is 0 Å². The van der Waals surface area contributed by atoms with Crippen molar-refractivity contribution >= 4 is 5.97 Å². The van der Waals surface area contributed by atoms with Gasteiger partial charge in [-0.1, -0.05) is 0 Å². The molecule has 4 heteroatoms. The van der Waals surface area contributed by atoms with Crippen molar-refractivity contribution in [2.45, 2.75) is 0 Å². The van der Waals surface area contributed by atoms with Gasteiger partial charge in [-0.2, -0.15) is 0 Å². The van der Waals surface area contributed by atoms with Crippen molar-refractivity contribution in [3.05, 3.63) is 24.1 Å². The highest BCUT2D eigenvalue weighted by Gasteiger charge is 2.04. The van der Waals surface area contributed by atoms with Crippen molar-refractivity contribution in [2.75, 3.05) is 0 Å². The van der Waals surface area contributed by atoms with Crippen LogP contribution in [0.4, 0.5) is 0 Å². The molecule has 0 atom stereocenters. The quantitative estimate of drug-likeness (QED) is 0.520. The molecule has 0 spiro atoms. The summed E-state index contributed by atoms with van der Waals surface area (Å²) in [4.78, 5) is 14.6. The molecule has 1 heterocycles. The Morgan fingerprint density at radius 1 is 1.78 bits per heavy atom. The van der Waals surface area contributed by atoms with Gasteiger partial charge in [0.15, 0.2) is 0 Å². The Balaban J connectivity index is 2.69. The summed E-state index contributed by atoms with van der Waals surface area (Å²) >= 11 is 0. The monoisotopic (exact) mass is 127 g/mol. The molecule has 0 aromatic carbocycles. The van der Waals surface area contributed by atoms with E-state index in [1.807, 2.05) is 0 Å². The van der Waals surface area contributed by atoms with E-state index in [0.29, 0.717) is 0 Å². The van der Waals surface area contributed by atoms with E-state index < -0.39 is 5.97 Å². The number of hydrogen-bond acceptors (Lipinski definition) is 3. The minimum absolute atomic E-state index is 0.182. The summed E-state index contributed by atoms with van der Waals surface area (Å²) in [5.41, 5.74) is 2.47. The number of hydrogen-bond donors (Lipinski definition) is 2. The van der Waals surface area contributed by atoms with E-state index in [9.17, 15) is 4.79 Å². The number of hydroxylamine groups is 1. The van der Waals surface area contributed by atoms with E-state index in [1.54, 1.807) is 0 Å². The van der Waals surface area contributed by atoms with Gasteiger partial charge in [0.1, 0.15) is 6.26 Å². The van der Waals surface area contributed by atoms with E-state index in [2.05, 4.69) is 10.3 Å². The summed E-state index contributed by atoms with van der Waals surface area (Å²) in [6.07, 6.45) is 3.89. The maximum atomic E-state index is 10.1. The Morgan fingerprint density at radius 3 is 2.89 bits per heavy atom. The molecule has 0 aromatic heterocycles. The predicted octanol–water partition coefficient (Wildman–Crippen LogP) is 0.00340. The molecular formula is C5H5NO3. The summed E-state index contributed by atoms with van der Waals surface area (Å²) in [5, 5.41) is 8.32. The number of rotatable bonds is 1. The highest BCUT2D eigenvalue weighted by molar-refractivity contribution is 5.89. The minimum Gasteiger partial charge on any atom is -0.478 e. The molecule has 0 amide bonds. The molecule has 9 heavy (non-hydrogen) atoms. The van der Waals surface area contributed by atoms with Crippen LogP contribution in [0.1, 0.15) is 0 Å². The Hall–Kier alpha value is -1.45. The lowest BCUT2D eigenvalue weighted by Crippen LogP contribution is -2.10. The zero-order valence-electron chi connectivity index (χ0n) is 4.50. The van der Waals surface area contributed by atoms with E-state index in [-0.39, 0.29) is 5.57 Å². The molecule has 0 bridgehead atoms. The largest absolute Gasteiger partial charge is 0.478 e. The first-order valence-corrected chi connectivity index (χ1v) is 2.32. The average molecular weight is 127 g/mol. The van der Waals surface area contributed by atoms with Crippen LogP contribution in [0, 0.1) is 0 Å². The fourth-order valence-electron chi connectivity index (χ4n) is 0.425. The fourth-order valence-corrected chi connectivity index (χ4v) is 0.425. The molecule has 0 unspecified atom stereocenters. The van der Waals surface area contributed by atoms with Crippen molar-refractivity contribution in [3.63, 3.8) is 0 Å². The Kier molecular flexibility index (Phi) is 1.40. The number of aliphatic carboxylic acids is 1. The Bertz CT molecular complexity index is 183. The number of carboxylic acids is 1. The fraction of sp³-hybridized carbons (Fsp3) is 0. The van der Waals surface area contributed by atoms with Crippen LogP contribution < -0.4 is 5.48 Å². The van der Waals surface area contributed by atoms with Crippen molar-refractivity contribution < 1.29 is 14.7 Å². The summed E-state index contributed by atoms with van der Waals surface area (Å²) in [5.74, 6) is -0.970. The molecule has 4 nitrogen and oxygen atoms in total. The first kappa shape index (κ1) is 5.68. The highest BCUT2D eigenvalue weighted by Crippen LogP contribution is 1.98. The third-order valence-electron chi connectivity index (χ3n) is 0.845. The Morgan fingerprint density at radius 2 is 2.56 bits per heavy atom. The number of nitrogens with one attached hydrogen (secondary N) is 1. The van der Waals surface area contributed by atoms with Crippen LogP contribution in [-0.4, -0.2) is 11.1 Å². The zero-order chi connectivity index (χ0) is 6.69. The van der Waals surface area contributed by atoms with Gasteiger partial charge in [0.2, 0.25) is 0 Å². The molecular weight excluding hydrogens is 122 g/mol. The van der Waals surface area contributed by atoms with Crippen LogP contribution in [0.3, 0.4) is 0 Å². The number of carbonyl (C=O) groups is 1. The van der Waals surface area contributed by atoms with Crippen LogP contribution >= 0.6 is 0 Å². The topological polar surface area (TPSA) is 58.6 Å². The standard InChI is InChI=1S/C5H5NO3/c7-5(8)4-1-2-9-6-3-4/h1-3,6H,(H,7,8). The maximum absolute atomic E-state index is 10.1. The van der Waals surface area contributed by atoms with E-state index in [1.165, 1.54) is 18.5 Å². The molecule has 0 saturated carbocycles. The van der Waals surface area contributed by atoms with Crippen LogP contribution in [0.15, 0.2) is 24.1 Å². The molecule has 48 valence electrons. The molecule has 0 aromatic rings. The normalized spacial score (nSPS) is 15.3. The van der Waals surface area contributed by atoms with Crippen LogP contribution in [0.25, 0.3) is 0 Å². The summed E-state index contributed by atoms with van der Waals surface area (Å²) in [6.45, 7) is 0. The van der Waals surface area contributed by atoms with Crippen LogP contribution in [0.5, 0.6) is 0 Å². The van der Waals surface area contributed by atoms with Gasteiger partial charge in [-0.25, -0.2) is 10.3 Å². The Labute approximate surface area is 51.4 Å². The molecule has 0 aliphatic carbocycles. The second-order valence-electron chi connectivity index (χ2n) is 1.44. The molecule has 0 saturated heterocycles. The number of carboxylic acid groups (broad SMARTS) is 1. The lowest BCUT2D eigenvalue weighted by Gasteiger charge is -2.03. The summed E-state index contributed by atoms with van der Waals surface area (Å²) in [7, 11) is 0. The van der Waals surface area contributed by atoms with Crippen molar-refractivity contribution in [1.29, 1.82) is 0 Å². The summed E-state index contributed by atoms with van der Waals surface area (Å²) < 4.78 is 0. The van der Waals surface area contributed by atoms with Crippen molar-refractivity contribution in [2.24, 2.45) is 0 Å². The predicted molar refractivity (Wildman–Crippen MR) is 29.1 cm³/mol. The van der Waals surface area contributed by atoms with Gasteiger partial charge in [0, 0.05) is 0 Å². The first-order chi connectivity index (χ1) is 4.30. The van der Waals surface area contributed by atoms with Crippen molar-refractivity contribution in [3.8, 4) is 0 Å². The van der Waals surface area contributed by atoms with Crippen LogP contribution in [0.2, 0.25) is 0 Å². The average Bonchev–Trinajstić information content (AvgIpc) is 1.90.